The first-order valence-electron chi connectivity index (χ1n) is 6.14. The van der Waals surface area contributed by atoms with Gasteiger partial charge in [-0.15, -0.1) is 0 Å². The van der Waals surface area contributed by atoms with E-state index in [2.05, 4.69) is 0 Å². The third-order valence-electron chi connectivity index (χ3n) is 3.21. The van der Waals surface area contributed by atoms with E-state index < -0.39 is 0 Å². The Bertz CT molecular complexity index is 633. The van der Waals surface area contributed by atoms with Crippen molar-refractivity contribution in [2.45, 2.75) is 27.7 Å². The average molecular weight is 277 g/mol. The van der Waals surface area contributed by atoms with Crippen LogP contribution >= 0.6 is 11.6 Å². The number of rotatable bonds is 2. The number of phenolic OH excluding ortho intramolecular Hbond substituents is 1. The summed E-state index contributed by atoms with van der Waals surface area (Å²) in [4.78, 5) is 0. The van der Waals surface area contributed by atoms with Crippen molar-refractivity contribution >= 4 is 11.6 Å². The normalized spacial score (nSPS) is 10.6. The summed E-state index contributed by atoms with van der Waals surface area (Å²) < 4.78 is 5.94. The average Bonchev–Trinajstić information content (AvgIpc) is 2.34. The van der Waals surface area contributed by atoms with E-state index in [-0.39, 0.29) is 5.75 Å². The summed E-state index contributed by atoms with van der Waals surface area (Å²) >= 11 is 5.93. The number of aromatic hydroxyl groups is 1. The number of hydrogen-bond donors (Lipinski definition) is 1. The van der Waals surface area contributed by atoms with Crippen LogP contribution in [0.2, 0.25) is 5.02 Å². The Balaban J connectivity index is 2.47. The van der Waals surface area contributed by atoms with Crippen LogP contribution in [0.5, 0.6) is 17.2 Å². The number of aryl methyl sites for hydroxylation is 3. The highest BCUT2D eigenvalue weighted by atomic mass is 35.5. The third kappa shape index (κ3) is 2.69. The Morgan fingerprint density at radius 2 is 1.63 bits per heavy atom. The lowest BCUT2D eigenvalue weighted by Crippen LogP contribution is -1.95. The molecule has 0 bridgehead atoms. The van der Waals surface area contributed by atoms with Gasteiger partial charge in [-0.3, -0.25) is 0 Å². The standard InChI is InChI=1S/C16H17ClO2/c1-9-8-13(17)5-6-14(9)19-16-11(3)7-10(2)15(18)12(16)4/h5-8,18H,1-4H3. The van der Waals surface area contributed by atoms with Gasteiger partial charge in [0, 0.05) is 10.6 Å². The van der Waals surface area contributed by atoms with Gasteiger partial charge in [0.2, 0.25) is 0 Å². The van der Waals surface area contributed by atoms with E-state index in [1.165, 1.54) is 0 Å². The first-order chi connectivity index (χ1) is 8.90. The van der Waals surface area contributed by atoms with Crippen molar-refractivity contribution in [3.05, 3.63) is 51.5 Å². The van der Waals surface area contributed by atoms with Crippen molar-refractivity contribution < 1.29 is 9.84 Å². The molecule has 2 rings (SSSR count). The van der Waals surface area contributed by atoms with Gasteiger partial charge in [0.15, 0.2) is 0 Å². The van der Waals surface area contributed by atoms with Gasteiger partial charge in [0.1, 0.15) is 17.2 Å². The zero-order valence-electron chi connectivity index (χ0n) is 11.5. The van der Waals surface area contributed by atoms with Gasteiger partial charge < -0.3 is 9.84 Å². The monoisotopic (exact) mass is 276 g/mol. The second kappa shape index (κ2) is 5.14. The van der Waals surface area contributed by atoms with Crippen LogP contribution < -0.4 is 4.74 Å². The zero-order valence-corrected chi connectivity index (χ0v) is 12.3. The summed E-state index contributed by atoms with van der Waals surface area (Å²) in [7, 11) is 0. The Morgan fingerprint density at radius 3 is 2.26 bits per heavy atom. The Kier molecular flexibility index (Phi) is 3.72. The number of ether oxygens (including phenoxy) is 1. The van der Waals surface area contributed by atoms with Gasteiger partial charge in [-0.05, 0) is 68.7 Å². The predicted octanol–water partition coefficient (Wildman–Crippen LogP) is 5.07. The van der Waals surface area contributed by atoms with Crippen LogP contribution in [0.15, 0.2) is 24.3 Å². The predicted molar refractivity (Wildman–Crippen MR) is 78.6 cm³/mol. The lowest BCUT2D eigenvalue weighted by atomic mass is 10.0. The lowest BCUT2D eigenvalue weighted by molar-refractivity contribution is 0.441. The van der Waals surface area contributed by atoms with Crippen LogP contribution in [0.25, 0.3) is 0 Å². The summed E-state index contributed by atoms with van der Waals surface area (Å²) in [6.07, 6.45) is 0. The molecule has 0 amide bonds. The maximum Gasteiger partial charge on any atom is 0.136 e. The van der Waals surface area contributed by atoms with Gasteiger partial charge in [-0.25, -0.2) is 0 Å². The van der Waals surface area contributed by atoms with Crippen LogP contribution in [0.3, 0.4) is 0 Å². The van der Waals surface area contributed by atoms with Crippen molar-refractivity contribution in [2.75, 3.05) is 0 Å². The fraction of sp³-hybridized carbons (Fsp3) is 0.250. The molecule has 0 aromatic heterocycles. The van der Waals surface area contributed by atoms with E-state index in [9.17, 15) is 5.11 Å². The highest BCUT2D eigenvalue weighted by Gasteiger charge is 2.13. The van der Waals surface area contributed by atoms with E-state index >= 15 is 0 Å². The third-order valence-corrected chi connectivity index (χ3v) is 3.44. The van der Waals surface area contributed by atoms with Crippen molar-refractivity contribution in [3.8, 4) is 17.2 Å². The minimum Gasteiger partial charge on any atom is -0.507 e. The topological polar surface area (TPSA) is 29.5 Å². The van der Waals surface area contributed by atoms with Crippen molar-refractivity contribution in [1.29, 1.82) is 0 Å². The van der Waals surface area contributed by atoms with Crippen molar-refractivity contribution in [1.82, 2.24) is 0 Å². The Morgan fingerprint density at radius 1 is 0.947 bits per heavy atom. The van der Waals surface area contributed by atoms with Gasteiger partial charge >= 0.3 is 0 Å². The fourth-order valence-corrected chi connectivity index (χ4v) is 2.38. The summed E-state index contributed by atoms with van der Waals surface area (Å²) in [5.74, 6) is 1.74. The van der Waals surface area contributed by atoms with E-state index in [0.29, 0.717) is 10.8 Å². The second-order valence-electron chi connectivity index (χ2n) is 4.82. The number of benzene rings is 2. The van der Waals surface area contributed by atoms with E-state index in [0.717, 1.165) is 28.0 Å². The molecule has 3 heteroatoms. The van der Waals surface area contributed by atoms with Gasteiger partial charge in [0.05, 0.1) is 0 Å². The molecule has 0 saturated heterocycles. The number of hydrogen-bond acceptors (Lipinski definition) is 2. The summed E-state index contributed by atoms with van der Waals surface area (Å²) in [6.45, 7) is 7.66. The molecule has 0 aliphatic carbocycles. The van der Waals surface area contributed by atoms with Crippen molar-refractivity contribution in [3.63, 3.8) is 0 Å². The Hall–Kier alpha value is -1.67. The highest BCUT2D eigenvalue weighted by Crippen LogP contribution is 2.37. The quantitative estimate of drug-likeness (QED) is 0.829. The molecule has 0 radical (unpaired) electrons. The first kappa shape index (κ1) is 13.8. The van der Waals surface area contributed by atoms with Crippen LogP contribution in [0.1, 0.15) is 22.3 Å². The first-order valence-corrected chi connectivity index (χ1v) is 6.51. The molecule has 0 saturated carbocycles. The van der Waals surface area contributed by atoms with E-state index in [4.69, 9.17) is 16.3 Å². The maximum absolute atomic E-state index is 10.0. The molecule has 0 spiro atoms. The van der Waals surface area contributed by atoms with Gasteiger partial charge in [0.25, 0.3) is 0 Å². The smallest absolute Gasteiger partial charge is 0.136 e. The molecule has 0 fully saturated rings. The zero-order chi connectivity index (χ0) is 14.2. The molecular weight excluding hydrogens is 260 g/mol. The van der Waals surface area contributed by atoms with Crippen LogP contribution in [0.4, 0.5) is 0 Å². The largest absolute Gasteiger partial charge is 0.507 e. The van der Waals surface area contributed by atoms with Gasteiger partial charge in [-0.1, -0.05) is 11.6 Å². The SMILES string of the molecule is Cc1cc(Cl)ccc1Oc1c(C)cc(C)c(O)c1C. The lowest BCUT2D eigenvalue weighted by Gasteiger charge is -2.16. The number of phenols is 1. The molecule has 0 unspecified atom stereocenters. The molecule has 2 aromatic rings. The molecule has 19 heavy (non-hydrogen) atoms. The minimum atomic E-state index is 0.284. The van der Waals surface area contributed by atoms with E-state index in [1.54, 1.807) is 6.07 Å². The summed E-state index contributed by atoms with van der Waals surface area (Å²) in [5.41, 5.74) is 3.58. The van der Waals surface area contributed by atoms with Crippen LogP contribution in [-0.4, -0.2) is 5.11 Å². The molecule has 1 N–H and O–H groups in total. The second-order valence-corrected chi connectivity index (χ2v) is 5.26. The molecule has 0 atom stereocenters. The molecule has 0 heterocycles. The Labute approximate surface area is 118 Å². The van der Waals surface area contributed by atoms with E-state index in [1.807, 2.05) is 45.9 Å². The fourth-order valence-electron chi connectivity index (χ4n) is 2.15. The minimum absolute atomic E-state index is 0.284. The maximum atomic E-state index is 10.0. The van der Waals surface area contributed by atoms with Crippen molar-refractivity contribution in [2.24, 2.45) is 0 Å². The summed E-state index contributed by atoms with van der Waals surface area (Å²) in [6, 6.07) is 7.41. The molecule has 0 aliphatic heterocycles. The highest BCUT2D eigenvalue weighted by molar-refractivity contribution is 6.30. The molecule has 2 aromatic carbocycles. The molecule has 0 aliphatic rings. The molecule has 100 valence electrons. The summed E-state index contributed by atoms with van der Waals surface area (Å²) in [5, 5.41) is 10.7. The van der Waals surface area contributed by atoms with Gasteiger partial charge in [-0.2, -0.15) is 0 Å². The molecular formula is C16H17ClO2. The number of halogens is 1. The van der Waals surface area contributed by atoms with Crippen LogP contribution in [-0.2, 0) is 0 Å². The van der Waals surface area contributed by atoms with Crippen LogP contribution in [0, 0.1) is 27.7 Å². The molecule has 2 nitrogen and oxygen atoms in total.